The first-order valence-electron chi connectivity index (χ1n) is 8.30. The van der Waals surface area contributed by atoms with Crippen LogP contribution in [-0.4, -0.2) is 30.1 Å². The van der Waals surface area contributed by atoms with Gasteiger partial charge in [-0.05, 0) is 31.2 Å². The summed E-state index contributed by atoms with van der Waals surface area (Å²) in [5, 5.41) is 3.73. The number of nitrogens with zero attached hydrogens (tertiary/aromatic N) is 1. The lowest BCUT2D eigenvalue weighted by atomic mass is 9.83. The Hall–Kier alpha value is -0.860. The van der Waals surface area contributed by atoms with Crippen molar-refractivity contribution in [3.05, 3.63) is 35.9 Å². The molecule has 20 heavy (non-hydrogen) atoms. The van der Waals surface area contributed by atoms with Gasteiger partial charge in [-0.1, -0.05) is 50.1 Å². The number of hydrogen-bond donors (Lipinski definition) is 1. The molecule has 1 saturated heterocycles. The Labute approximate surface area is 123 Å². The molecule has 2 aliphatic rings. The molecule has 110 valence electrons. The van der Waals surface area contributed by atoms with Gasteiger partial charge in [0.05, 0.1) is 0 Å². The molecule has 1 aliphatic heterocycles. The summed E-state index contributed by atoms with van der Waals surface area (Å²) in [5.74, 6) is 0.862. The third-order valence-corrected chi connectivity index (χ3v) is 5.31. The maximum Gasteiger partial charge on any atom is 0.0450 e. The minimum atomic E-state index is 0.501. The van der Waals surface area contributed by atoms with E-state index in [0.717, 1.165) is 18.5 Å². The first-order chi connectivity index (χ1) is 9.75. The van der Waals surface area contributed by atoms with E-state index in [4.69, 9.17) is 0 Å². The molecule has 2 nitrogen and oxygen atoms in total. The van der Waals surface area contributed by atoms with Crippen molar-refractivity contribution in [2.75, 3.05) is 13.1 Å². The largest absolute Gasteiger partial charge is 0.307 e. The average Bonchev–Trinajstić information content (AvgIpc) is 2.49. The Balaban J connectivity index is 1.73. The SMILES string of the molecule is CC1CCCCC1N1CC(c2ccccc2)NCC1C. The van der Waals surface area contributed by atoms with Crippen molar-refractivity contribution in [3.8, 4) is 0 Å². The molecule has 0 amide bonds. The van der Waals surface area contributed by atoms with E-state index in [1.807, 2.05) is 0 Å². The van der Waals surface area contributed by atoms with Gasteiger partial charge < -0.3 is 5.32 Å². The normalized spacial score (nSPS) is 35.9. The fourth-order valence-corrected chi connectivity index (χ4v) is 4.05. The van der Waals surface area contributed by atoms with Gasteiger partial charge in [-0.3, -0.25) is 4.90 Å². The van der Waals surface area contributed by atoms with Crippen LogP contribution in [0.25, 0.3) is 0 Å². The van der Waals surface area contributed by atoms with E-state index < -0.39 is 0 Å². The number of benzene rings is 1. The average molecular weight is 272 g/mol. The molecule has 2 fully saturated rings. The molecule has 3 rings (SSSR count). The summed E-state index contributed by atoms with van der Waals surface area (Å²) in [7, 11) is 0. The van der Waals surface area contributed by atoms with E-state index in [1.54, 1.807) is 0 Å². The van der Waals surface area contributed by atoms with Crippen LogP contribution in [0.15, 0.2) is 30.3 Å². The Morgan fingerprint density at radius 3 is 2.55 bits per heavy atom. The molecule has 1 heterocycles. The van der Waals surface area contributed by atoms with E-state index >= 15 is 0 Å². The van der Waals surface area contributed by atoms with Crippen molar-refractivity contribution in [2.45, 2.75) is 57.7 Å². The number of nitrogens with one attached hydrogen (secondary N) is 1. The molecule has 0 spiro atoms. The van der Waals surface area contributed by atoms with Gasteiger partial charge in [0.15, 0.2) is 0 Å². The van der Waals surface area contributed by atoms with E-state index in [9.17, 15) is 0 Å². The number of piperazine rings is 1. The lowest BCUT2D eigenvalue weighted by molar-refractivity contribution is 0.0422. The Bertz CT molecular complexity index is 417. The van der Waals surface area contributed by atoms with Crippen LogP contribution in [0.4, 0.5) is 0 Å². The lowest BCUT2D eigenvalue weighted by Crippen LogP contribution is -2.57. The molecule has 0 aromatic heterocycles. The molecular weight excluding hydrogens is 244 g/mol. The van der Waals surface area contributed by atoms with Gasteiger partial charge in [0.2, 0.25) is 0 Å². The summed E-state index contributed by atoms with van der Waals surface area (Å²) in [6.07, 6.45) is 5.66. The summed E-state index contributed by atoms with van der Waals surface area (Å²) in [6.45, 7) is 7.12. The summed E-state index contributed by atoms with van der Waals surface area (Å²) >= 11 is 0. The first-order valence-corrected chi connectivity index (χ1v) is 8.30. The van der Waals surface area contributed by atoms with Gasteiger partial charge in [-0.15, -0.1) is 0 Å². The topological polar surface area (TPSA) is 15.3 Å². The zero-order chi connectivity index (χ0) is 13.9. The molecule has 1 saturated carbocycles. The molecule has 0 radical (unpaired) electrons. The van der Waals surface area contributed by atoms with E-state index in [1.165, 1.54) is 37.8 Å². The maximum atomic E-state index is 3.73. The summed E-state index contributed by atoms with van der Waals surface area (Å²) < 4.78 is 0. The van der Waals surface area contributed by atoms with Crippen LogP contribution < -0.4 is 5.32 Å². The molecular formula is C18H28N2. The molecule has 1 aromatic rings. The highest BCUT2D eigenvalue weighted by atomic mass is 15.3. The molecule has 1 N–H and O–H groups in total. The zero-order valence-electron chi connectivity index (χ0n) is 12.9. The standard InChI is InChI=1S/C18H28N2/c1-14-8-6-7-11-18(14)20-13-17(19-12-15(20)2)16-9-4-3-5-10-16/h3-5,9-10,14-15,17-19H,6-8,11-13H2,1-2H3. The predicted molar refractivity (Wildman–Crippen MR) is 84.8 cm³/mol. The van der Waals surface area contributed by atoms with Gasteiger partial charge in [0.1, 0.15) is 0 Å². The van der Waals surface area contributed by atoms with Crippen molar-refractivity contribution in [1.82, 2.24) is 10.2 Å². The second-order valence-electron chi connectivity index (χ2n) is 6.75. The summed E-state index contributed by atoms with van der Waals surface area (Å²) in [6, 6.07) is 12.9. The van der Waals surface area contributed by atoms with Crippen molar-refractivity contribution in [1.29, 1.82) is 0 Å². The quantitative estimate of drug-likeness (QED) is 0.885. The third kappa shape index (κ3) is 2.91. The Morgan fingerprint density at radius 2 is 1.80 bits per heavy atom. The van der Waals surface area contributed by atoms with Gasteiger partial charge in [0.25, 0.3) is 0 Å². The number of rotatable bonds is 2. The minimum absolute atomic E-state index is 0.501. The van der Waals surface area contributed by atoms with Crippen LogP contribution in [0, 0.1) is 5.92 Å². The van der Waals surface area contributed by atoms with Crippen molar-refractivity contribution >= 4 is 0 Å². The zero-order valence-corrected chi connectivity index (χ0v) is 12.9. The van der Waals surface area contributed by atoms with Crippen LogP contribution >= 0.6 is 0 Å². The molecule has 4 unspecified atom stereocenters. The van der Waals surface area contributed by atoms with Gasteiger partial charge >= 0.3 is 0 Å². The van der Waals surface area contributed by atoms with Crippen LogP contribution in [-0.2, 0) is 0 Å². The molecule has 1 aromatic carbocycles. The fraction of sp³-hybridized carbons (Fsp3) is 0.667. The molecule has 1 aliphatic carbocycles. The summed E-state index contributed by atoms with van der Waals surface area (Å²) in [5.41, 5.74) is 1.44. The van der Waals surface area contributed by atoms with Crippen LogP contribution in [0.1, 0.15) is 51.1 Å². The highest BCUT2D eigenvalue weighted by Crippen LogP contribution is 2.32. The van der Waals surface area contributed by atoms with Crippen molar-refractivity contribution < 1.29 is 0 Å². The lowest BCUT2D eigenvalue weighted by Gasteiger charge is -2.47. The molecule has 0 bridgehead atoms. The van der Waals surface area contributed by atoms with E-state index in [2.05, 4.69) is 54.4 Å². The maximum absolute atomic E-state index is 3.73. The van der Waals surface area contributed by atoms with Crippen molar-refractivity contribution in [2.24, 2.45) is 5.92 Å². The minimum Gasteiger partial charge on any atom is -0.307 e. The van der Waals surface area contributed by atoms with E-state index in [-0.39, 0.29) is 0 Å². The van der Waals surface area contributed by atoms with Crippen molar-refractivity contribution in [3.63, 3.8) is 0 Å². The van der Waals surface area contributed by atoms with Crippen LogP contribution in [0.3, 0.4) is 0 Å². The van der Waals surface area contributed by atoms with Gasteiger partial charge in [-0.2, -0.15) is 0 Å². The third-order valence-electron chi connectivity index (χ3n) is 5.31. The first kappa shape index (κ1) is 14.1. The van der Waals surface area contributed by atoms with Gasteiger partial charge in [-0.25, -0.2) is 0 Å². The second kappa shape index (κ2) is 6.28. The highest BCUT2D eigenvalue weighted by Gasteiger charge is 2.34. The molecule has 4 atom stereocenters. The molecule has 2 heteroatoms. The second-order valence-corrected chi connectivity index (χ2v) is 6.75. The smallest absolute Gasteiger partial charge is 0.0450 e. The van der Waals surface area contributed by atoms with Crippen LogP contribution in [0.5, 0.6) is 0 Å². The number of hydrogen-bond acceptors (Lipinski definition) is 2. The monoisotopic (exact) mass is 272 g/mol. The Kier molecular flexibility index (Phi) is 4.42. The van der Waals surface area contributed by atoms with Gasteiger partial charge in [0, 0.05) is 31.2 Å². The van der Waals surface area contributed by atoms with E-state index in [0.29, 0.717) is 12.1 Å². The highest BCUT2D eigenvalue weighted by molar-refractivity contribution is 5.20. The summed E-state index contributed by atoms with van der Waals surface area (Å²) in [4.78, 5) is 2.79. The Morgan fingerprint density at radius 1 is 1.05 bits per heavy atom. The van der Waals surface area contributed by atoms with Crippen LogP contribution in [0.2, 0.25) is 0 Å². The predicted octanol–water partition coefficient (Wildman–Crippen LogP) is 3.60. The fourth-order valence-electron chi connectivity index (χ4n) is 4.05.